The molecule has 3 aromatic carbocycles. The molecule has 4 bridgehead atoms. The summed E-state index contributed by atoms with van der Waals surface area (Å²) in [5, 5.41) is 57.6. The number of fused-ring (bicyclic) bond motifs is 5. The Kier molecular flexibility index (Phi) is 14.4. The van der Waals surface area contributed by atoms with Crippen molar-refractivity contribution < 1.29 is 92.1 Å². The number of aliphatic hydroxyl groups is 4. The molecule has 1 amide bonds. The van der Waals surface area contributed by atoms with E-state index < -0.39 is 113 Å². The van der Waals surface area contributed by atoms with Crippen molar-refractivity contribution in [2.24, 2.45) is 23.7 Å². The fourth-order valence-corrected chi connectivity index (χ4v) is 14.7. The van der Waals surface area contributed by atoms with Crippen LogP contribution in [-0.4, -0.2) is 136 Å². The van der Waals surface area contributed by atoms with Crippen LogP contribution in [0.15, 0.2) is 76.9 Å². The van der Waals surface area contributed by atoms with Gasteiger partial charge in [0.15, 0.2) is 45.8 Å². The lowest BCUT2D eigenvalue weighted by molar-refractivity contribution is -0.277. The van der Waals surface area contributed by atoms with Crippen LogP contribution in [0.5, 0.6) is 46.0 Å². The van der Waals surface area contributed by atoms with Crippen LogP contribution in [-0.2, 0) is 35.0 Å². The molecule has 6 N–H and O–H groups in total. The number of aromatic hydroxyl groups is 1. The Morgan fingerprint density at radius 2 is 1.54 bits per heavy atom. The minimum atomic E-state index is -1.89. The fraction of sp³-hybridized carbons (Fsp3) is 0.508. The predicted molar refractivity (Wildman–Crippen MR) is 304 cm³/mol. The van der Waals surface area contributed by atoms with Gasteiger partial charge < -0.3 is 78.2 Å². The number of rotatable bonds is 15. The zero-order valence-corrected chi connectivity index (χ0v) is 49.2. The summed E-state index contributed by atoms with van der Waals surface area (Å²) in [5.41, 5.74) is -0.668. The number of benzene rings is 3. The molecule has 1 saturated carbocycles. The van der Waals surface area contributed by atoms with Crippen molar-refractivity contribution >= 4 is 29.5 Å². The summed E-state index contributed by atoms with van der Waals surface area (Å²) in [6.45, 7) is 14.4. The van der Waals surface area contributed by atoms with Crippen molar-refractivity contribution in [1.82, 2.24) is 5.32 Å². The van der Waals surface area contributed by atoms with Gasteiger partial charge in [-0.1, -0.05) is 35.5 Å². The second kappa shape index (κ2) is 21.0. The SMILES string of the molecule is COc1cc(C2c3cc4c(cc3C(NC(=O)C(C)=CCC35OC(C)(C)C6CC(C=C7C(=O)c8c(O[C@@H]9O[C@H](CO)[C@@H](O)[C@@H](O)[C@H]9O)c9c(c(CC=C(C)C)c8OC763)OC(C)(CCC=C(C)C)C=C9)C5=O)C3COC(=O)C23)OCO4)cc(OC)c1O. The average Bonchev–Trinajstić information content (AvgIpc) is 1.56. The number of esters is 1. The third kappa shape index (κ3) is 8.98. The molecule has 6 aliphatic heterocycles. The smallest absolute Gasteiger partial charge is 0.310 e. The molecular formula is C65H73NO19. The first-order valence-corrected chi connectivity index (χ1v) is 29.0. The van der Waals surface area contributed by atoms with Crippen LogP contribution in [0.3, 0.4) is 0 Å². The number of nitrogens with one attached hydrogen (secondary N) is 1. The van der Waals surface area contributed by atoms with Crippen LogP contribution in [0.25, 0.3) is 6.08 Å². The third-order valence-corrected chi connectivity index (χ3v) is 18.9. The van der Waals surface area contributed by atoms with Gasteiger partial charge in [0.25, 0.3) is 0 Å². The monoisotopic (exact) mass is 1170 g/mol. The molecule has 1 spiro atoms. The Hall–Kier alpha value is -7.20. The number of aliphatic hydroxyl groups excluding tert-OH is 4. The maximum Gasteiger partial charge on any atom is 0.310 e. The van der Waals surface area contributed by atoms with Crippen molar-refractivity contribution in [3.05, 3.63) is 110 Å². The highest BCUT2D eigenvalue weighted by molar-refractivity contribution is 6.19. The lowest BCUT2D eigenvalue weighted by atomic mass is 9.51. The lowest BCUT2D eigenvalue weighted by Crippen LogP contribution is -2.72. The zero-order valence-electron chi connectivity index (χ0n) is 49.2. The highest BCUT2D eigenvalue weighted by atomic mass is 16.7. The number of hydrogen-bond donors (Lipinski definition) is 6. The number of hydrogen-bond acceptors (Lipinski definition) is 19. The van der Waals surface area contributed by atoms with Crippen LogP contribution < -0.4 is 38.5 Å². The lowest BCUT2D eigenvalue weighted by Gasteiger charge is -2.56. The molecule has 13 rings (SSSR count). The van der Waals surface area contributed by atoms with Gasteiger partial charge in [0.1, 0.15) is 52.8 Å². The number of cyclic esters (lactones) is 1. The molecule has 6 heterocycles. The molecule has 14 atom stereocenters. The molecule has 9 unspecified atom stereocenters. The second-order valence-electron chi connectivity index (χ2n) is 25.1. The van der Waals surface area contributed by atoms with E-state index in [1.54, 1.807) is 49.4 Å². The Morgan fingerprint density at radius 1 is 0.847 bits per heavy atom. The first-order chi connectivity index (χ1) is 40.4. The predicted octanol–water partition coefficient (Wildman–Crippen LogP) is 6.87. The van der Waals surface area contributed by atoms with E-state index in [9.17, 15) is 30.3 Å². The summed E-state index contributed by atoms with van der Waals surface area (Å²) in [6, 6.07) is 6.07. The molecule has 85 heavy (non-hydrogen) atoms. The van der Waals surface area contributed by atoms with E-state index in [-0.39, 0.29) is 83.9 Å². The van der Waals surface area contributed by atoms with Crippen molar-refractivity contribution in [2.75, 3.05) is 34.2 Å². The number of carbonyl (C=O) groups excluding carboxylic acids is 4. The van der Waals surface area contributed by atoms with E-state index in [1.165, 1.54) is 14.2 Å². The average molecular weight is 1170 g/mol. The first kappa shape index (κ1) is 58.2. The van der Waals surface area contributed by atoms with E-state index in [2.05, 4.69) is 11.4 Å². The number of phenols is 1. The molecule has 3 saturated heterocycles. The summed E-state index contributed by atoms with van der Waals surface area (Å²) >= 11 is 0. The van der Waals surface area contributed by atoms with Gasteiger partial charge in [-0.3, -0.25) is 19.2 Å². The van der Waals surface area contributed by atoms with Gasteiger partial charge in [-0.2, -0.15) is 0 Å². The largest absolute Gasteiger partial charge is 0.502 e. The zero-order chi connectivity index (χ0) is 60.6. The Labute approximate surface area is 491 Å². The normalized spacial score (nSPS) is 33.0. The molecule has 10 aliphatic rings. The molecular weight excluding hydrogens is 1100 g/mol. The summed E-state index contributed by atoms with van der Waals surface area (Å²) in [4.78, 5) is 60.8. The second-order valence-corrected chi connectivity index (χ2v) is 25.1. The van der Waals surface area contributed by atoms with E-state index >= 15 is 14.4 Å². The number of ether oxygens (including phenoxy) is 10. The Bertz CT molecular complexity index is 3470. The molecule has 20 heteroatoms. The Morgan fingerprint density at radius 3 is 2.21 bits per heavy atom. The molecule has 0 aromatic heterocycles. The molecule has 452 valence electrons. The topological polar surface area (TPSA) is 274 Å². The van der Waals surface area contributed by atoms with Crippen molar-refractivity contribution in [3.63, 3.8) is 0 Å². The first-order valence-electron chi connectivity index (χ1n) is 29.0. The summed E-state index contributed by atoms with van der Waals surface area (Å²) in [7, 11) is 2.83. The van der Waals surface area contributed by atoms with Crippen LogP contribution in [0, 0.1) is 23.7 Å². The molecule has 4 aliphatic carbocycles. The number of methoxy groups -OCH3 is 2. The summed E-state index contributed by atoms with van der Waals surface area (Å²) in [5.74, 6) is -4.27. The van der Waals surface area contributed by atoms with Gasteiger partial charge in [0.2, 0.25) is 24.7 Å². The van der Waals surface area contributed by atoms with Crippen LogP contribution in [0.2, 0.25) is 0 Å². The van der Waals surface area contributed by atoms with Crippen molar-refractivity contribution in [3.8, 4) is 46.0 Å². The minimum absolute atomic E-state index is 0.0354. The third-order valence-electron chi connectivity index (χ3n) is 18.9. The van der Waals surface area contributed by atoms with Crippen molar-refractivity contribution in [2.45, 2.75) is 153 Å². The van der Waals surface area contributed by atoms with Gasteiger partial charge in [-0.25, -0.2) is 0 Å². The van der Waals surface area contributed by atoms with E-state index in [1.807, 2.05) is 60.6 Å². The number of Topliss-reactive ketones (excluding diaryl/α,β-unsaturated/α-hetero) is 2. The maximum atomic E-state index is 16.2. The van der Waals surface area contributed by atoms with Gasteiger partial charge in [0.05, 0.1) is 50.6 Å². The quantitative estimate of drug-likeness (QED) is 0.0514. The number of allylic oxidation sites excluding steroid dienone is 5. The standard InChI is InChI=1S/C65H73NO19/c1-29(2)12-11-17-63(8)18-16-35-55(83-63)34(14-13-30(3)4)57-48(56(35)82-61-54(72)53(71)52(70)44(26-67)81-61)50(68)39-20-33-23-45-62(6,7)85-64(58(33)73,65(39,45)84-57)19-15-31(5)59(74)66-49-37-25-41-40(79-28-80-41)24-36(37)46(47-38(49)27-78-60(47)75)32-21-42(76-9)51(69)43(22-32)77-10/h12-13,15-16,18,20-22,24-25,33,38,44-47,49,52-54,61,67,69-72H,11,14,17,19,23,26-28H2,1-10H3,(H,66,74)/t33?,38?,44-,45?,46?,47?,49?,52-,53-,54-,61+,63?,64?,65?/m1/s1. The van der Waals surface area contributed by atoms with Gasteiger partial charge in [-0.15, -0.1) is 0 Å². The van der Waals surface area contributed by atoms with Crippen LogP contribution >= 0.6 is 0 Å². The molecule has 0 radical (unpaired) electrons. The van der Waals surface area contributed by atoms with Crippen molar-refractivity contribution in [1.29, 1.82) is 0 Å². The highest BCUT2D eigenvalue weighted by Crippen LogP contribution is 2.69. The molecule has 3 aromatic rings. The highest BCUT2D eigenvalue weighted by Gasteiger charge is 2.81. The minimum Gasteiger partial charge on any atom is -0.502 e. The van der Waals surface area contributed by atoms with E-state index in [4.69, 9.17) is 47.4 Å². The van der Waals surface area contributed by atoms with Crippen LogP contribution in [0.1, 0.15) is 131 Å². The number of carbonyl (C=O) groups is 4. The summed E-state index contributed by atoms with van der Waals surface area (Å²) in [6.07, 6.45) is 4.10. The number of ketones is 2. The maximum absolute atomic E-state index is 16.2. The summed E-state index contributed by atoms with van der Waals surface area (Å²) < 4.78 is 63.0. The van der Waals surface area contributed by atoms with Gasteiger partial charge in [0, 0.05) is 46.8 Å². The Balaban J connectivity index is 0.957. The fourth-order valence-electron chi connectivity index (χ4n) is 14.7. The van der Waals surface area contributed by atoms with E-state index in [0.717, 1.165) is 11.1 Å². The molecule has 20 nitrogen and oxygen atoms in total. The number of amides is 1. The van der Waals surface area contributed by atoms with Gasteiger partial charge >= 0.3 is 5.97 Å². The van der Waals surface area contributed by atoms with E-state index in [0.29, 0.717) is 57.9 Å². The van der Waals surface area contributed by atoms with Crippen LogP contribution in [0.4, 0.5) is 0 Å². The molecule has 4 fully saturated rings. The van der Waals surface area contributed by atoms with Gasteiger partial charge in [-0.05, 0) is 134 Å². The number of phenolic OH excluding ortho intramolecular Hbond substituents is 1.